The van der Waals surface area contributed by atoms with E-state index in [9.17, 15) is 5.11 Å². The minimum atomic E-state index is 0.390. The first-order valence-corrected chi connectivity index (χ1v) is 7.37. The van der Waals surface area contributed by atoms with Gasteiger partial charge < -0.3 is 15.0 Å². The number of quaternary nitrogens is 1. The second kappa shape index (κ2) is 6.62. The first-order chi connectivity index (χ1) is 9.26. The molecule has 104 valence electrons. The number of hydrogen-bond acceptors (Lipinski definition) is 1. The lowest BCUT2D eigenvalue weighted by Gasteiger charge is -2.17. The summed E-state index contributed by atoms with van der Waals surface area (Å²) in [6, 6.07) is 5.66. The van der Waals surface area contributed by atoms with Crippen LogP contribution < -0.4 is 4.90 Å². The summed E-state index contributed by atoms with van der Waals surface area (Å²) >= 11 is 0. The quantitative estimate of drug-likeness (QED) is 0.702. The molecular weight excluding hydrogens is 236 g/mol. The highest BCUT2D eigenvalue weighted by molar-refractivity contribution is 5.88. The SMILES string of the molecule is CCC[NH+](CCC)CCc1c[nH]c2cccc(O)c12. The van der Waals surface area contributed by atoms with E-state index in [1.807, 2.05) is 18.3 Å². The van der Waals surface area contributed by atoms with Crippen molar-refractivity contribution in [2.24, 2.45) is 0 Å². The van der Waals surface area contributed by atoms with Gasteiger partial charge in [0.05, 0.1) is 19.6 Å². The van der Waals surface area contributed by atoms with E-state index in [4.69, 9.17) is 0 Å². The van der Waals surface area contributed by atoms with Crippen LogP contribution >= 0.6 is 0 Å². The van der Waals surface area contributed by atoms with E-state index < -0.39 is 0 Å². The Morgan fingerprint density at radius 3 is 2.53 bits per heavy atom. The molecule has 0 aliphatic heterocycles. The number of aromatic amines is 1. The number of rotatable bonds is 7. The first kappa shape index (κ1) is 13.9. The highest BCUT2D eigenvalue weighted by Gasteiger charge is 2.11. The van der Waals surface area contributed by atoms with Crippen molar-refractivity contribution in [3.8, 4) is 5.75 Å². The molecule has 0 radical (unpaired) electrons. The van der Waals surface area contributed by atoms with Crippen LogP contribution in [0.1, 0.15) is 32.3 Å². The number of benzene rings is 1. The Labute approximate surface area is 115 Å². The zero-order chi connectivity index (χ0) is 13.7. The summed E-state index contributed by atoms with van der Waals surface area (Å²) in [4.78, 5) is 4.91. The van der Waals surface area contributed by atoms with Crippen molar-refractivity contribution in [3.63, 3.8) is 0 Å². The van der Waals surface area contributed by atoms with E-state index in [1.54, 1.807) is 11.0 Å². The van der Waals surface area contributed by atoms with Gasteiger partial charge in [0.1, 0.15) is 5.75 Å². The number of hydrogen-bond donors (Lipinski definition) is 3. The van der Waals surface area contributed by atoms with Gasteiger partial charge in [0, 0.05) is 23.5 Å². The van der Waals surface area contributed by atoms with Gasteiger partial charge in [-0.2, -0.15) is 0 Å². The van der Waals surface area contributed by atoms with Crippen LogP contribution in [0.5, 0.6) is 5.75 Å². The number of nitrogens with one attached hydrogen (secondary N) is 2. The third-order valence-corrected chi connectivity index (χ3v) is 3.72. The van der Waals surface area contributed by atoms with Gasteiger partial charge in [-0.25, -0.2) is 0 Å². The van der Waals surface area contributed by atoms with Gasteiger partial charge in [-0.1, -0.05) is 19.9 Å². The summed E-state index contributed by atoms with van der Waals surface area (Å²) < 4.78 is 0. The third kappa shape index (κ3) is 3.29. The number of H-pyrrole nitrogens is 1. The Balaban J connectivity index is 2.08. The fraction of sp³-hybridized carbons (Fsp3) is 0.500. The number of phenols is 1. The van der Waals surface area contributed by atoms with Gasteiger partial charge in [0.2, 0.25) is 0 Å². The van der Waals surface area contributed by atoms with Gasteiger partial charge in [-0.3, -0.25) is 0 Å². The molecule has 0 unspecified atom stereocenters. The molecule has 1 aromatic carbocycles. The summed E-state index contributed by atoms with van der Waals surface area (Å²) in [6.45, 7) is 8.10. The molecular formula is C16H25N2O+. The van der Waals surface area contributed by atoms with E-state index in [-0.39, 0.29) is 0 Å². The van der Waals surface area contributed by atoms with Crippen LogP contribution in [0.3, 0.4) is 0 Å². The molecule has 19 heavy (non-hydrogen) atoms. The molecule has 3 nitrogen and oxygen atoms in total. The average molecular weight is 261 g/mol. The number of aromatic hydroxyl groups is 1. The van der Waals surface area contributed by atoms with Gasteiger partial charge in [-0.05, 0) is 30.5 Å². The van der Waals surface area contributed by atoms with Gasteiger partial charge in [0.25, 0.3) is 0 Å². The molecule has 2 rings (SSSR count). The molecule has 3 N–H and O–H groups in total. The fourth-order valence-electron chi connectivity index (χ4n) is 2.83. The fourth-order valence-corrected chi connectivity index (χ4v) is 2.83. The molecule has 0 saturated heterocycles. The summed E-state index contributed by atoms with van der Waals surface area (Å²) in [6.07, 6.45) is 5.52. The highest BCUT2D eigenvalue weighted by atomic mass is 16.3. The van der Waals surface area contributed by atoms with Crippen LogP contribution in [-0.2, 0) is 6.42 Å². The minimum absolute atomic E-state index is 0.390. The van der Waals surface area contributed by atoms with Crippen molar-refractivity contribution in [1.82, 2.24) is 4.98 Å². The van der Waals surface area contributed by atoms with Crippen molar-refractivity contribution in [2.75, 3.05) is 19.6 Å². The Bertz CT molecular complexity index is 512. The molecule has 1 aromatic heterocycles. The van der Waals surface area contributed by atoms with E-state index in [2.05, 4.69) is 18.8 Å². The maximum Gasteiger partial charge on any atom is 0.125 e. The van der Waals surface area contributed by atoms with E-state index in [0.717, 1.165) is 23.9 Å². The van der Waals surface area contributed by atoms with Crippen LogP contribution in [0.25, 0.3) is 10.9 Å². The number of aromatic nitrogens is 1. The molecule has 0 atom stereocenters. The number of phenolic OH excluding ortho intramolecular Hbond substituents is 1. The Hall–Kier alpha value is -1.48. The summed E-state index contributed by atoms with van der Waals surface area (Å²) in [5, 5.41) is 11.0. The highest BCUT2D eigenvalue weighted by Crippen LogP contribution is 2.27. The van der Waals surface area contributed by atoms with E-state index in [0.29, 0.717) is 5.75 Å². The lowest BCUT2D eigenvalue weighted by atomic mass is 10.1. The predicted octanol–water partition coefficient (Wildman–Crippen LogP) is 2.12. The van der Waals surface area contributed by atoms with Crippen molar-refractivity contribution < 1.29 is 10.0 Å². The molecule has 0 amide bonds. The maximum absolute atomic E-state index is 9.99. The molecule has 1 heterocycles. The zero-order valence-corrected chi connectivity index (χ0v) is 12.0. The van der Waals surface area contributed by atoms with E-state index in [1.165, 1.54) is 31.5 Å². The van der Waals surface area contributed by atoms with Gasteiger partial charge in [-0.15, -0.1) is 0 Å². The largest absolute Gasteiger partial charge is 0.507 e. The monoisotopic (exact) mass is 261 g/mol. The second-order valence-electron chi connectivity index (χ2n) is 5.26. The zero-order valence-electron chi connectivity index (χ0n) is 12.0. The minimum Gasteiger partial charge on any atom is -0.507 e. The van der Waals surface area contributed by atoms with E-state index >= 15 is 0 Å². The molecule has 0 saturated carbocycles. The van der Waals surface area contributed by atoms with Crippen LogP contribution in [0.4, 0.5) is 0 Å². The van der Waals surface area contributed by atoms with Crippen molar-refractivity contribution >= 4 is 10.9 Å². The average Bonchev–Trinajstić information content (AvgIpc) is 2.81. The Morgan fingerprint density at radius 2 is 1.84 bits per heavy atom. The van der Waals surface area contributed by atoms with Crippen molar-refractivity contribution in [1.29, 1.82) is 0 Å². The van der Waals surface area contributed by atoms with Crippen LogP contribution in [0.15, 0.2) is 24.4 Å². The molecule has 0 aliphatic carbocycles. The molecule has 0 aliphatic rings. The molecule has 3 heteroatoms. The lowest BCUT2D eigenvalue weighted by Crippen LogP contribution is -3.12. The smallest absolute Gasteiger partial charge is 0.125 e. The maximum atomic E-state index is 9.99. The summed E-state index contributed by atoms with van der Waals surface area (Å²) in [5.74, 6) is 0.390. The van der Waals surface area contributed by atoms with Crippen molar-refractivity contribution in [2.45, 2.75) is 33.1 Å². The summed E-state index contributed by atoms with van der Waals surface area (Å²) in [7, 11) is 0. The first-order valence-electron chi connectivity index (χ1n) is 7.37. The third-order valence-electron chi connectivity index (χ3n) is 3.72. The Morgan fingerprint density at radius 1 is 1.11 bits per heavy atom. The standard InChI is InChI=1S/C16H24N2O/c1-3-9-18(10-4-2)11-8-13-12-17-14-6-5-7-15(19)16(13)14/h5-7,12,17,19H,3-4,8-11H2,1-2H3/p+1. The Kier molecular flexibility index (Phi) is 4.86. The van der Waals surface area contributed by atoms with Crippen LogP contribution in [0, 0.1) is 0 Å². The summed E-state index contributed by atoms with van der Waals surface area (Å²) in [5.41, 5.74) is 2.26. The molecule has 0 spiro atoms. The molecule has 0 bridgehead atoms. The lowest BCUT2D eigenvalue weighted by molar-refractivity contribution is -0.900. The van der Waals surface area contributed by atoms with Crippen LogP contribution in [0.2, 0.25) is 0 Å². The second-order valence-corrected chi connectivity index (χ2v) is 5.26. The van der Waals surface area contributed by atoms with Gasteiger partial charge >= 0.3 is 0 Å². The normalized spacial score (nSPS) is 11.5. The predicted molar refractivity (Wildman–Crippen MR) is 79.8 cm³/mol. The number of fused-ring (bicyclic) bond motifs is 1. The molecule has 0 fully saturated rings. The van der Waals surface area contributed by atoms with Gasteiger partial charge in [0.15, 0.2) is 0 Å². The van der Waals surface area contributed by atoms with Crippen molar-refractivity contribution in [3.05, 3.63) is 30.0 Å². The van der Waals surface area contributed by atoms with Crippen LogP contribution in [-0.4, -0.2) is 29.7 Å². The molecule has 2 aromatic rings. The topological polar surface area (TPSA) is 40.5 Å².